The summed E-state index contributed by atoms with van der Waals surface area (Å²) in [5.74, 6) is 0. The van der Waals surface area contributed by atoms with Crippen molar-refractivity contribution in [3.8, 4) is 0 Å². The predicted molar refractivity (Wildman–Crippen MR) is 86.1 cm³/mol. The Hall–Kier alpha value is -0.340. The third kappa shape index (κ3) is 3.85. The van der Waals surface area contributed by atoms with Crippen LogP contribution < -0.4 is 5.32 Å². The Morgan fingerprint density at radius 1 is 1.10 bits per heavy atom. The zero-order valence-electron chi connectivity index (χ0n) is 13.5. The minimum atomic E-state index is 0.0792. The van der Waals surface area contributed by atoms with Gasteiger partial charge in [0.2, 0.25) is 0 Å². The smallest absolute Gasteiger partial charge is 0.0872 e. The lowest BCUT2D eigenvalue weighted by Crippen LogP contribution is -2.52. The first-order valence-electron chi connectivity index (χ1n) is 8.88. The van der Waals surface area contributed by atoms with Crippen LogP contribution in [0.5, 0.6) is 0 Å². The van der Waals surface area contributed by atoms with Gasteiger partial charge in [0.25, 0.3) is 0 Å². The van der Waals surface area contributed by atoms with E-state index in [-0.39, 0.29) is 5.60 Å². The van der Waals surface area contributed by atoms with Crippen LogP contribution in [0.2, 0.25) is 0 Å². The maximum absolute atomic E-state index is 6.33. The number of likely N-dealkylation sites (N-methyl/N-ethyl adjacent to an activating group) is 1. The highest BCUT2D eigenvalue weighted by atomic mass is 16.5. The van der Waals surface area contributed by atoms with E-state index in [1.807, 2.05) is 0 Å². The zero-order valence-corrected chi connectivity index (χ0v) is 13.5. The van der Waals surface area contributed by atoms with Crippen molar-refractivity contribution < 1.29 is 4.74 Å². The van der Waals surface area contributed by atoms with Gasteiger partial charge in [-0.15, -0.1) is 0 Å². The molecular formula is C18H33NO. The van der Waals surface area contributed by atoms with Gasteiger partial charge in [-0.2, -0.15) is 0 Å². The van der Waals surface area contributed by atoms with Crippen molar-refractivity contribution in [3.05, 3.63) is 11.6 Å². The van der Waals surface area contributed by atoms with Crippen LogP contribution in [0.4, 0.5) is 0 Å². The summed E-state index contributed by atoms with van der Waals surface area (Å²) in [6.45, 7) is 6.26. The molecule has 0 spiro atoms. The summed E-state index contributed by atoms with van der Waals surface area (Å²) < 4.78 is 6.33. The van der Waals surface area contributed by atoms with Crippen molar-refractivity contribution in [1.82, 2.24) is 5.32 Å². The number of rotatable bonds is 6. The molecular weight excluding hydrogens is 246 g/mol. The van der Waals surface area contributed by atoms with Crippen LogP contribution in [-0.2, 0) is 4.74 Å². The van der Waals surface area contributed by atoms with Crippen LogP contribution in [0.25, 0.3) is 0 Å². The summed E-state index contributed by atoms with van der Waals surface area (Å²) >= 11 is 0. The highest BCUT2D eigenvalue weighted by Crippen LogP contribution is 2.40. The maximum atomic E-state index is 6.33. The Balaban J connectivity index is 2.18. The van der Waals surface area contributed by atoms with E-state index in [0.29, 0.717) is 6.04 Å². The van der Waals surface area contributed by atoms with Crippen molar-refractivity contribution in [3.63, 3.8) is 0 Å². The summed E-state index contributed by atoms with van der Waals surface area (Å²) in [5.41, 5.74) is 1.72. The first-order valence-corrected chi connectivity index (χ1v) is 8.88. The molecule has 0 amide bonds. The van der Waals surface area contributed by atoms with E-state index in [9.17, 15) is 0 Å². The Morgan fingerprint density at radius 2 is 1.85 bits per heavy atom. The molecule has 0 saturated heterocycles. The minimum Gasteiger partial charge on any atom is -0.373 e. The first-order chi connectivity index (χ1) is 9.82. The third-order valence-electron chi connectivity index (χ3n) is 5.01. The summed E-state index contributed by atoms with van der Waals surface area (Å²) in [5, 5.41) is 3.77. The number of allylic oxidation sites excluding steroid dienone is 1. The molecule has 1 N–H and O–H groups in total. The number of hydrogen-bond acceptors (Lipinski definition) is 2. The van der Waals surface area contributed by atoms with Gasteiger partial charge in [-0.25, -0.2) is 0 Å². The Kier molecular flexibility index (Phi) is 6.57. The molecule has 0 aromatic carbocycles. The van der Waals surface area contributed by atoms with Gasteiger partial charge in [0, 0.05) is 6.61 Å². The number of ether oxygens (including phenoxy) is 1. The number of nitrogens with one attached hydrogen (secondary N) is 1. The lowest BCUT2D eigenvalue weighted by Gasteiger charge is -2.40. The molecule has 116 valence electrons. The number of hydrogen-bond donors (Lipinski definition) is 1. The molecule has 0 aromatic rings. The molecule has 2 heteroatoms. The van der Waals surface area contributed by atoms with Gasteiger partial charge in [-0.3, -0.25) is 0 Å². The van der Waals surface area contributed by atoms with Crippen molar-refractivity contribution >= 4 is 0 Å². The molecule has 2 rings (SSSR count). The van der Waals surface area contributed by atoms with Crippen LogP contribution in [0, 0.1) is 0 Å². The molecule has 1 unspecified atom stereocenters. The lowest BCUT2D eigenvalue weighted by molar-refractivity contribution is -0.0533. The van der Waals surface area contributed by atoms with Crippen LogP contribution in [0.15, 0.2) is 11.6 Å². The molecule has 20 heavy (non-hydrogen) atoms. The Morgan fingerprint density at radius 3 is 2.55 bits per heavy atom. The second-order valence-corrected chi connectivity index (χ2v) is 6.43. The fourth-order valence-corrected chi connectivity index (χ4v) is 4.12. The summed E-state index contributed by atoms with van der Waals surface area (Å²) in [6.07, 6.45) is 15.7. The average molecular weight is 279 g/mol. The topological polar surface area (TPSA) is 21.3 Å². The highest BCUT2D eigenvalue weighted by molar-refractivity contribution is 5.19. The molecule has 2 aliphatic carbocycles. The SMILES string of the molecule is CCNC(C1=CCCCCCC1)C1(OCC)CCCC1. The maximum Gasteiger partial charge on any atom is 0.0872 e. The van der Waals surface area contributed by atoms with Crippen LogP contribution in [0.1, 0.15) is 78.1 Å². The molecule has 0 aromatic heterocycles. The van der Waals surface area contributed by atoms with Gasteiger partial charge in [0.05, 0.1) is 11.6 Å². The Bertz CT molecular complexity index is 305. The zero-order chi connectivity index (χ0) is 14.3. The molecule has 2 aliphatic rings. The van der Waals surface area contributed by atoms with Crippen molar-refractivity contribution in [2.45, 2.75) is 89.7 Å². The molecule has 0 radical (unpaired) electrons. The minimum absolute atomic E-state index is 0.0792. The van der Waals surface area contributed by atoms with Gasteiger partial charge in [-0.1, -0.05) is 44.3 Å². The van der Waals surface area contributed by atoms with Gasteiger partial charge in [0.15, 0.2) is 0 Å². The van der Waals surface area contributed by atoms with Gasteiger partial charge < -0.3 is 10.1 Å². The van der Waals surface area contributed by atoms with E-state index < -0.39 is 0 Å². The fourth-order valence-electron chi connectivity index (χ4n) is 4.12. The van der Waals surface area contributed by atoms with E-state index in [1.165, 1.54) is 64.2 Å². The molecule has 0 bridgehead atoms. The van der Waals surface area contributed by atoms with Crippen LogP contribution in [0.3, 0.4) is 0 Å². The van der Waals surface area contributed by atoms with Crippen molar-refractivity contribution in [2.75, 3.05) is 13.2 Å². The molecule has 0 aliphatic heterocycles. The molecule has 1 fully saturated rings. The molecule has 1 atom stereocenters. The first kappa shape index (κ1) is 16.0. The van der Waals surface area contributed by atoms with E-state index in [1.54, 1.807) is 5.57 Å². The van der Waals surface area contributed by atoms with Crippen molar-refractivity contribution in [1.29, 1.82) is 0 Å². The predicted octanol–water partition coefficient (Wildman–Crippen LogP) is 4.59. The van der Waals surface area contributed by atoms with Crippen molar-refractivity contribution in [2.24, 2.45) is 0 Å². The van der Waals surface area contributed by atoms with E-state index in [0.717, 1.165) is 13.2 Å². The normalized spacial score (nSPS) is 24.8. The quantitative estimate of drug-likeness (QED) is 0.718. The largest absolute Gasteiger partial charge is 0.373 e. The molecule has 2 nitrogen and oxygen atoms in total. The summed E-state index contributed by atoms with van der Waals surface area (Å²) in [4.78, 5) is 0. The van der Waals surface area contributed by atoms with Gasteiger partial charge in [0.1, 0.15) is 0 Å². The lowest BCUT2D eigenvalue weighted by atomic mass is 9.82. The molecule has 0 heterocycles. The van der Waals surface area contributed by atoms with E-state index in [4.69, 9.17) is 4.74 Å². The average Bonchev–Trinajstić information content (AvgIpc) is 2.86. The summed E-state index contributed by atoms with van der Waals surface area (Å²) in [7, 11) is 0. The van der Waals surface area contributed by atoms with E-state index in [2.05, 4.69) is 25.2 Å². The van der Waals surface area contributed by atoms with Crippen LogP contribution in [-0.4, -0.2) is 24.8 Å². The van der Waals surface area contributed by atoms with E-state index >= 15 is 0 Å². The monoisotopic (exact) mass is 279 g/mol. The van der Waals surface area contributed by atoms with Gasteiger partial charge >= 0.3 is 0 Å². The second-order valence-electron chi connectivity index (χ2n) is 6.43. The van der Waals surface area contributed by atoms with Crippen LogP contribution >= 0.6 is 0 Å². The Labute approximate surface area is 125 Å². The summed E-state index contributed by atoms with van der Waals surface area (Å²) in [6, 6.07) is 0.452. The fraction of sp³-hybridized carbons (Fsp3) is 0.889. The molecule has 1 saturated carbocycles. The highest BCUT2D eigenvalue weighted by Gasteiger charge is 2.43. The standard InChI is InChI=1S/C18H33NO/c1-3-19-17(16-12-8-6-5-7-9-13-16)18(20-4-2)14-10-11-15-18/h12,17,19H,3-11,13-15H2,1-2H3. The van der Waals surface area contributed by atoms with Gasteiger partial charge in [-0.05, 0) is 52.0 Å². The third-order valence-corrected chi connectivity index (χ3v) is 5.01. The second kappa shape index (κ2) is 8.19.